The lowest BCUT2D eigenvalue weighted by atomic mass is 10.1. The van der Waals surface area contributed by atoms with E-state index in [4.69, 9.17) is 0 Å². The van der Waals surface area contributed by atoms with Gasteiger partial charge < -0.3 is 0 Å². The first-order chi connectivity index (χ1) is 8.43. The van der Waals surface area contributed by atoms with E-state index < -0.39 is 0 Å². The molecule has 0 saturated heterocycles. The molecule has 1 N–H and O–H groups in total. The van der Waals surface area contributed by atoms with Gasteiger partial charge in [0.1, 0.15) is 0 Å². The molecule has 0 saturated carbocycles. The lowest BCUT2D eigenvalue weighted by Gasteiger charge is -2.13. The molecule has 0 unspecified atom stereocenters. The monoisotopic (exact) mass is 268 g/mol. The van der Waals surface area contributed by atoms with Gasteiger partial charge in [-0.1, -0.05) is 11.8 Å². The van der Waals surface area contributed by atoms with Crippen molar-refractivity contribution in [2.75, 3.05) is 20.4 Å². The summed E-state index contributed by atoms with van der Waals surface area (Å²) < 4.78 is 0. The normalized spacial score (nSPS) is 10.8. The van der Waals surface area contributed by atoms with Crippen molar-refractivity contribution in [3.8, 4) is 0 Å². The van der Waals surface area contributed by atoms with Crippen molar-refractivity contribution in [1.82, 2.24) is 20.4 Å². The van der Waals surface area contributed by atoms with E-state index in [1.807, 2.05) is 20.1 Å². The van der Waals surface area contributed by atoms with Crippen molar-refractivity contribution < 1.29 is 4.79 Å². The van der Waals surface area contributed by atoms with Crippen LogP contribution in [0.4, 0.5) is 0 Å². The average molecular weight is 268 g/mol. The van der Waals surface area contributed by atoms with Crippen molar-refractivity contribution >= 4 is 17.7 Å². The molecule has 1 aromatic rings. The highest BCUT2D eigenvalue weighted by Gasteiger charge is 2.10. The minimum atomic E-state index is 0.00717. The Labute approximate surface area is 112 Å². The highest BCUT2D eigenvalue weighted by Crippen LogP contribution is 2.16. The molecule has 0 aliphatic rings. The molecule has 0 aromatic carbocycles. The van der Waals surface area contributed by atoms with Gasteiger partial charge in [-0.3, -0.25) is 10.2 Å². The molecule has 5 nitrogen and oxygen atoms in total. The zero-order valence-electron chi connectivity index (χ0n) is 11.6. The molecule has 0 fully saturated rings. The van der Waals surface area contributed by atoms with Gasteiger partial charge in [0.2, 0.25) is 5.91 Å². The van der Waals surface area contributed by atoms with E-state index in [1.54, 1.807) is 19.1 Å². The predicted molar refractivity (Wildman–Crippen MR) is 73.4 cm³/mol. The third kappa shape index (κ3) is 4.27. The Bertz CT molecular complexity index is 411. The number of amides is 1. The van der Waals surface area contributed by atoms with Gasteiger partial charge in [0, 0.05) is 31.9 Å². The second-order valence-electron chi connectivity index (χ2n) is 4.29. The van der Waals surface area contributed by atoms with E-state index in [9.17, 15) is 4.79 Å². The third-order valence-corrected chi connectivity index (χ3v) is 3.08. The number of nitrogens with one attached hydrogen (secondary N) is 1. The quantitative estimate of drug-likeness (QED) is 0.496. The summed E-state index contributed by atoms with van der Waals surface area (Å²) in [5, 5.41) is 2.43. The Kier molecular flexibility index (Phi) is 5.55. The van der Waals surface area contributed by atoms with Crippen molar-refractivity contribution in [3.63, 3.8) is 0 Å². The fourth-order valence-corrected chi connectivity index (χ4v) is 2.16. The van der Waals surface area contributed by atoms with Crippen LogP contribution in [-0.4, -0.2) is 41.2 Å². The van der Waals surface area contributed by atoms with E-state index in [0.717, 1.165) is 22.1 Å². The first kappa shape index (κ1) is 14.9. The molecular weight excluding hydrogens is 248 g/mol. The second kappa shape index (κ2) is 6.70. The van der Waals surface area contributed by atoms with Crippen LogP contribution >= 0.6 is 11.8 Å². The van der Waals surface area contributed by atoms with E-state index in [0.29, 0.717) is 12.8 Å². The van der Waals surface area contributed by atoms with Crippen LogP contribution in [0.25, 0.3) is 0 Å². The Morgan fingerprint density at radius 1 is 1.28 bits per heavy atom. The van der Waals surface area contributed by atoms with Gasteiger partial charge in [-0.15, -0.1) is 0 Å². The number of nitrogens with zero attached hydrogens (tertiary/aromatic N) is 3. The number of rotatable bonds is 5. The maximum atomic E-state index is 11.6. The summed E-state index contributed by atoms with van der Waals surface area (Å²) in [5.74, 6) is 0.00717. The summed E-state index contributed by atoms with van der Waals surface area (Å²) in [6.45, 7) is 3.93. The third-order valence-electron chi connectivity index (χ3n) is 2.53. The first-order valence-electron chi connectivity index (χ1n) is 5.79. The van der Waals surface area contributed by atoms with Gasteiger partial charge in [-0.05, 0) is 32.1 Å². The summed E-state index contributed by atoms with van der Waals surface area (Å²) in [7, 11) is 3.59. The van der Waals surface area contributed by atoms with Crippen LogP contribution in [0, 0.1) is 13.8 Å². The number of aryl methyl sites for hydroxylation is 2. The first-order valence-corrected chi connectivity index (χ1v) is 7.01. The summed E-state index contributed by atoms with van der Waals surface area (Å²) in [4.78, 5) is 20.4. The van der Waals surface area contributed by atoms with Crippen LogP contribution in [0.3, 0.4) is 0 Å². The number of aromatic nitrogens is 2. The number of hydrogen-bond donors (Lipinski definition) is 1. The van der Waals surface area contributed by atoms with Gasteiger partial charge in [0.15, 0.2) is 5.16 Å². The van der Waals surface area contributed by atoms with E-state index >= 15 is 0 Å². The fourth-order valence-electron chi connectivity index (χ4n) is 1.71. The Morgan fingerprint density at radius 3 is 2.28 bits per heavy atom. The second-order valence-corrected chi connectivity index (χ2v) is 5.06. The van der Waals surface area contributed by atoms with Gasteiger partial charge in [0.05, 0.1) is 0 Å². The van der Waals surface area contributed by atoms with Gasteiger partial charge >= 0.3 is 0 Å². The standard InChI is InChI=1S/C12H20N4OS/c1-8-10(6-7-11(17)15-16(3)4)9(2)14-12(13-8)18-5/h6-7H2,1-5H3,(H,15,17). The molecule has 6 heteroatoms. The molecule has 0 radical (unpaired) electrons. The SMILES string of the molecule is CSc1nc(C)c(CCC(=O)NN(C)C)c(C)n1. The zero-order valence-corrected chi connectivity index (χ0v) is 12.4. The average Bonchev–Trinajstić information content (AvgIpc) is 2.26. The molecular formula is C12H20N4OS. The molecule has 0 aliphatic carbocycles. The van der Waals surface area contributed by atoms with Gasteiger partial charge in [-0.2, -0.15) is 0 Å². The smallest absolute Gasteiger partial charge is 0.234 e. The number of carbonyl (C=O) groups is 1. The molecule has 100 valence electrons. The molecule has 1 rings (SSSR count). The Hall–Kier alpha value is -1.14. The van der Waals surface area contributed by atoms with Crippen LogP contribution < -0.4 is 5.43 Å². The van der Waals surface area contributed by atoms with Crippen LogP contribution in [0.5, 0.6) is 0 Å². The van der Waals surface area contributed by atoms with Crippen LogP contribution in [0.1, 0.15) is 23.4 Å². The molecule has 0 bridgehead atoms. The molecule has 0 aliphatic heterocycles. The van der Waals surface area contributed by atoms with E-state index in [-0.39, 0.29) is 5.91 Å². The molecule has 0 atom stereocenters. The van der Waals surface area contributed by atoms with Crippen molar-refractivity contribution in [2.45, 2.75) is 31.8 Å². The van der Waals surface area contributed by atoms with Crippen molar-refractivity contribution in [3.05, 3.63) is 17.0 Å². The molecule has 1 amide bonds. The van der Waals surface area contributed by atoms with Crippen molar-refractivity contribution in [1.29, 1.82) is 0 Å². The highest BCUT2D eigenvalue weighted by molar-refractivity contribution is 7.98. The Morgan fingerprint density at radius 2 is 1.83 bits per heavy atom. The number of hydrazine groups is 1. The lowest BCUT2D eigenvalue weighted by Crippen LogP contribution is -2.36. The number of thioether (sulfide) groups is 1. The minimum absolute atomic E-state index is 0.00717. The highest BCUT2D eigenvalue weighted by atomic mass is 32.2. The van der Waals surface area contributed by atoms with Gasteiger partial charge in [0.25, 0.3) is 0 Å². The Balaban J connectivity index is 2.70. The minimum Gasteiger partial charge on any atom is -0.289 e. The maximum Gasteiger partial charge on any atom is 0.234 e. The van der Waals surface area contributed by atoms with Crippen LogP contribution in [-0.2, 0) is 11.2 Å². The molecule has 18 heavy (non-hydrogen) atoms. The van der Waals surface area contributed by atoms with Crippen LogP contribution in [0.2, 0.25) is 0 Å². The molecule has 1 heterocycles. The zero-order chi connectivity index (χ0) is 13.7. The maximum absolute atomic E-state index is 11.6. The fraction of sp³-hybridized carbons (Fsp3) is 0.583. The van der Waals surface area contributed by atoms with Crippen molar-refractivity contribution in [2.24, 2.45) is 0 Å². The summed E-state index contributed by atoms with van der Waals surface area (Å²) in [6, 6.07) is 0. The molecule has 0 spiro atoms. The number of hydrogen-bond acceptors (Lipinski definition) is 5. The largest absolute Gasteiger partial charge is 0.289 e. The summed E-state index contributed by atoms with van der Waals surface area (Å²) >= 11 is 1.53. The van der Waals surface area contributed by atoms with Crippen LogP contribution in [0.15, 0.2) is 5.16 Å². The van der Waals surface area contributed by atoms with E-state index in [1.165, 1.54) is 11.8 Å². The van der Waals surface area contributed by atoms with E-state index in [2.05, 4.69) is 15.4 Å². The van der Waals surface area contributed by atoms with Gasteiger partial charge in [-0.25, -0.2) is 15.0 Å². The summed E-state index contributed by atoms with van der Waals surface area (Å²) in [6.07, 6.45) is 3.08. The lowest BCUT2D eigenvalue weighted by molar-refractivity contribution is -0.124. The topological polar surface area (TPSA) is 58.1 Å². The summed E-state index contributed by atoms with van der Waals surface area (Å²) in [5.41, 5.74) is 5.72. The molecule has 1 aromatic heterocycles. The number of carbonyl (C=O) groups excluding carboxylic acids is 1. The predicted octanol–water partition coefficient (Wildman–Crippen LogP) is 1.34.